The molecule has 10 rings (SSSR count). The summed E-state index contributed by atoms with van der Waals surface area (Å²) in [5.74, 6) is 0. The molecule has 0 N–H and O–H groups in total. The van der Waals surface area contributed by atoms with Crippen LogP contribution in [0.15, 0.2) is 200 Å². The zero-order valence-electron chi connectivity index (χ0n) is 30.5. The third kappa shape index (κ3) is 5.08. The second kappa shape index (κ2) is 12.8. The fourth-order valence-electron chi connectivity index (χ4n) is 8.97. The highest BCUT2D eigenvalue weighted by molar-refractivity contribution is 6.10. The Hall–Kier alpha value is -6.70. The maximum Gasteiger partial charge on any atom is 0.0540 e. The highest BCUT2D eigenvalue weighted by atomic mass is 15.1. The van der Waals surface area contributed by atoms with Crippen molar-refractivity contribution in [2.45, 2.75) is 19.3 Å². The lowest BCUT2D eigenvalue weighted by Crippen LogP contribution is -2.21. The quantitative estimate of drug-likeness (QED) is 0.168. The Morgan fingerprint density at radius 2 is 0.926 bits per heavy atom. The Kier molecular flexibility index (Phi) is 7.56. The summed E-state index contributed by atoms with van der Waals surface area (Å²) in [5, 5.41) is 5.07. The summed E-state index contributed by atoms with van der Waals surface area (Å²) in [6, 6.07) is 73.3. The van der Waals surface area contributed by atoms with Crippen LogP contribution in [0.5, 0.6) is 0 Å². The highest BCUT2D eigenvalue weighted by Gasteiger charge is 2.40. The van der Waals surface area contributed by atoms with E-state index in [-0.39, 0.29) is 5.41 Å². The topological polar surface area (TPSA) is 3.24 Å². The number of para-hydroxylation sites is 1. The minimum atomic E-state index is -0.234. The van der Waals surface area contributed by atoms with E-state index in [0.29, 0.717) is 0 Å². The van der Waals surface area contributed by atoms with Crippen molar-refractivity contribution in [3.63, 3.8) is 0 Å². The molecule has 256 valence electrons. The lowest BCUT2D eigenvalue weighted by molar-refractivity contribution is 0.661. The Morgan fingerprint density at radius 3 is 1.70 bits per heavy atom. The van der Waals surface area contributed by atoms with E-state index in [2.05, 4.69) is 219 Å². The van der Waals surface area contributed by atoms with Crippen molar-refractivity contribution in [2.24, 2.45) is 0 Å². The van der Waals surface area contributed by atoms with Gasteiger partial charge in [0.15, 0.2) is 0 Å². The van der Waals surface area contributed by atoms with Gasteiger partial charge in [-0.3, -0.25) is 0 Å². The van der Waals surface area contributed by atoms with E-state index in [1.807, 2.05) is 0 Å². The van der Waals surface area contributed by atoms with Gasteiger partial charge in [-0.25, -0.2) is 0 Å². The third-order valence-electron chi connectivity index (χ3n) is 11.4. The molecule has 0 fully saturated rings. The first-order chi connectivity index (χ1) is 26.6. The van der Waals surface area contributed by atoms with Gasteiger partial charge in [0.05, 0.1) is 11.4 Å². The van der Waals surface area contributed by atoms with Crippen LogP contribution in [-0.4, -0.2) is 0 Å². The molecule has 0 aromatic heterocycles. The molecular weight excluding hydrogens is 651 g/mol. The van der Waals surface area contributed by atoms with Crippen molar-refractivity contribution in [3.05, 3.63) is 211 Å². The van der Waals surface area contributed by atoms with Gasteiger partial charge in [0, 0.05) is 16.7 Å². The number of fused-ring (bicyclic) bond motifs is 6. The fraction of sp³-hybridized carbons (Fsp3) is 0.0566. The first-order valence-corrected chi connectivity index (χ1v) is 18.9. The normalized spacial score (nSPS) is 12.8. The summed E-state index contributed by atoms with van der Waals surface area (Å²) >= 11 is 0. The lowest BCUT2D eigenvalue weighted by atomic mass is 9.80. The molecule has 0 saturated carbocycles. The molecule has 1 heteroatoms. The number of anilines is 3. The molecule has 1 aliphatic carbocycles. The summed E-state index contributed by atoms with van der Waals surface area (Å²) in [5.41, 5.74) is 15.9. The van der Waals surface area contributed by atoms with E-state index < -0.39 is 0 Å². The molecule has 54 heavy (non-hydrogen) atoms. The van der Waals surface area contributed by atoms with Crippen molar-refractivity contribution >= 4 is 38.6 Å². The summed E-state index contributed by atoms with van der Waals surface area (Å²) in [6.45, 7) is 4.80. The molecular formula is C53H39N. The molecule has 0 bridgehead atoms. The average molecular weight is 690 g/mol. The van der Waals surface area contributed by atoms with Gasteiger partial charge in [-0.15, -0.1) is 0 Å². The standard InChI is InChI=1S/C53H39N/c1-53(2)47-35-32-39-20-9-10-23-43(39)51(47)46-27-15-29-49(52(46)53)54(41-33-30-37(31-34-41)36-16-5-3-6-17-36)48-28-12-11-24-44(48)45-26-14-22-40-21-13-25-42(50(40)45)38-18-7-4-8-19-38/h3-35H,1-2H3. The summed E-state index contributed by atoms with van der Waals surface area (Å²) in [6.07, 6.45) is 0. The van der Waals surface area contributed by atoms with Crippen LogP contribution in [0.2, 0.25) is 0 Å². The molecule has 0 atom stereocenters. The van der Waals surface area contributed by atoms with E-state index in [0.717, 1.165) is 11.4 Å². The molecule has 0 spiro atoms. The first-order valence-electron chi connectivity index (χ1n) is 18.9. The van der Waals surface area contributed by atoms with Gasteiger partial charge < -0.3 is 4.90 Å². The number of hydrogen-bond acceptors (Lipinski definition) is 1. The maximum absolute atomic E-state index is 2.52. The average Bonchev–Trinajstić information content (AvgIpc) is 3.48. The molecule has 0 aliphatic heterocycles. The van der Waals surface area contributed by atoms with Crippen LogP contribution in [-0.2, 0) is 5.41 Å². The fourth-order valence-corrected chi connectivity index (χ4v) is 8.97. The second-order valence-corrected chi connectivity index (χ2v) is 14.9. The van der Waals surface area contributed by atoms with Crippen molar-refractivity contribution in [1.29, 1.82) is 0 Å². The molecule has 9 aromatic carbocycles. The zero-order valence-corrected chi connectivity index (χ0v) is 30.5. The molecule has 1 nitrogen and oxygen atoms in total. The lowest BCUT2D eigenvalue weighted by Gasteiger charge is -2.33. The Bertz CT molecular complexity index is 2830. The predicted octanol–water partition coefficient (Wildman–Crippen LogP) is 14.8. The monoisotopic (exact) mass is 689 g/mol. The minimum Gasteiger partial charge on any atom is -0.310 e. The number of nitrogens with zero attached hydrogens (tertiary/aromatic N) is 1. The Balaban J connectivity index is 1.25. The summed E-state index contributed by atoms with van der Waals surface area (Å²) in [4.78, 5) is 2.52. The number of rotatable bonds is 6. The van der Waals surface area contributed by atoms with Crippen LogP contribution in [0.1, 0.15) is 25.0 Å². The van der Waals surface area contributed by atoms with E-state index in [9.17, 15) is 0 Å². The molecule has 0 saturated heterocycles. The van der Waals surface area contributed by atoms with Gasteiger partial charge in [-0.2, -0.15) is 0 Å². The van der Waals surface area contributed by atoms with Crippen LogP contribution in [0, 0.1) is 0 Å². The van der Waals surface area contributed by atoms with E-state index in [4.69, 9.17) is 0 Å². The van der Waals surface area contributed by atoms with Crippen LogP contribution in [0.25, 0.3) is 66.1 Å². The van der Waals surface area contributed by atoms with Gasteiger partial charge in [-0.05, 0) is 95.9 Å². The van der Waals surface area contributed by atoms with Gasteiger partial charge in [0.1, 0.15) is 0 Å². The van der Waals surface area contributed by atoms with Crippen LogP contribution in [0.3, 0.4) is 0 Å². The van der Waals surface area contributed by atoms with Crippen molar-refractivity contribution in [3.8, 4) is 44.5 Å². The van der Waals surface area contributed by atoms with E-state index in [1.165, 1.54) is 82.9 Å². The van der Waals surface area contributed by atoms with E-state index in [1.54, 1.807) is 0 Å². The van der Waals surface area contributed by atoms with Crippen molar-refractivity contribution in [2.75, 3.05) is 4.90 Å². The molecule has 0 radical (unpaired) electrons. The van der Waals surface area contributed by atoms with Crippen LogP contribution >= 0.6 is 0 Å². The van der Waals surface area contributed by atoms with E-state index >= 15 is 0 Å². The second-order valence-electron chi connectivity index (χ2n) is 14.9. The molecule has 0 heterocycles. The SMILES string of the molecule is CC1(C)c2ccc3ccccc3c2-c2cccc(N(c3ccc(-c4ccccc4)cc3)c3ccccc3-c3cccc4cccc(-c5ccccc5)c34)c21. The van der Waals surface area contributed by atoms with Crippen molar-refractivity contribution < 1.29 is 0 Å². The van der Waals surface area contributed by atoms with Crippen LogP contribution < -0.4 is 4.90 Å². The van der Waals surface area contributed by atoms with Crippen LogP contribution in [0.4, 0.5) is 17.1 Å². The third-order valence-corrected chi connectivity index (χ3v) is 11.4. The molecule has 0 amide bonds. The largest absolute Gasteiger partial charge is 0.310 e. The summed E-state index contributed by atoms with van der Waals surface area (Å²) < 4.78 is 0. The predicted molar refractivity (Wildman–Crippen MR) is 230 cm³/mol. The van der Waals surface area contributed by atoms with Gasteiger partial charge in [-0.1, -0.05) is 190 Å². The zero-order chi connectivity index (χ0) is 36.2. The van der Waals surface area contributed by atoms with Gasteiger partial charge in [0.25, 0.3) is 0 Å². The maximum atomic E-state index is 2.52. The molecule has 0 unspecified atom stereocenters. The first kappa shape index (κ1) is 32.0. The smallest absolute Gasteiger partial charge is 0.0540 e. The van der Waals surface area contributed by atoms with Gasteiger partial charge in [0.2, 0.25) is 0 Å². The van der Waals surface area contributed by atoms with Gasteiger partial charge >= 0.3 is 0 Å². The number of benzene rings is 9. The Morgan fingerprint density at radius 1 is 0.370 bits per heavy atom. The Labute approximate surface area is 317 Å². The highest BCUT2D eigenvalue weighted by Crippen LogP contribution is 2.57. The summed E-state index contributed by atoms with van der Waals surface area (Å²) in [7, 11) is 0. The van der Waals surface area contributed by atoms with Crippen molar-refractivity contribution in [1.82, 2.24) is 0 Å². The minimum absolute atomic E-state index is 0.234. The molecule has 1 aliphatic rings. The molecule has 9 aromatic rings. The number of hydrogen-bond donors (Lipinski definition) is 0.